The van der Waals surface area contributed by atoms with Crippen molar-refractivity contribution in [3.05, 3.63) is 76.8 Å². The van der Waals surface area contributed by atoms with Gasteiger partial charge in [-0.15, -0.1) is 16.8 Å². The summed E-state index contributed by atoms with van der Waals surface area (Å²) in [4.78, 5) is 12.3. The first-order valence-electron chi connectivity index (χ1n) is 10.4. The third kappa shape index (κ3) is 6.92. The lowest BCUT2D eigenvalue weighted by molar-refractivity contribution is -0.112. The topological polar surface area (TPSA) is 106 Å². The Balaban J connectivity index is 1.52. The molecule has 1 aromatic heterocycles. The minimum Gasteiger partial charge on any atom is -0.493 e. The van der Waals surface area contributed by atoms with Gasteiger partial charge in [-0.1, -0.05) is 35.6 Å². The Kier molecular flexibility index (Phi) is 8.77. The molecular formula is C25H24N4O4S. The van der Waals surface area contributed by atoms with E-state index in [4.69, 9.17) is 14.2 Å². The van der Waals surface area contributed by atoms with E-state index in [1.807, 2.05) is 30.3 Å². The van der Waals surface area contributed by atoms with E-state index in [-0.39, 0.29) is 5.57 Å². The average molecular weight is 477 g/mol. The van der Waals surface area contributed by atoms with Crippen LogP contribution in [0.1, 0.15) is 16.1 Å². The quantitative estimate of drug-likeness (QED) is 0.187. The Morgan fingerprint density at radius 2 is 1.91 bits per heavy atom. The molecule has 0 spiro atoms. The molecule has 0 aliphatic carbocycles. The highest BCUT2D eigenvalue weighted by atomic mass is 32.1. The summed E-state index contributed by atoms with van der Waals surface area (Å²) in [5, 5.41) is 20.7. The maximum absolute atomic E-state index is 12.3. The summed E-state index contributed by atoms with van der Waals surface area (Å²) in [5.41, 5.74) is 1.74. The van der Waals surface area contributed by atoms with Gasteiger partial charge in [-0.3, -0.25) is 10.1 Å². The van der Waals surface area contributed by atoms with Crippen LogP contribution in [-0.2, 0) is 11.2 Å². The number of allylic oxidation sites excluding steroid dienone is 1. The lowest BCUT2D eigenvalue weighted by Gasteiger charge is -2.12. The van der Waals surface area contributed by atoms with Crippen molar-refractivity contribution in [3.63, 3.8) is 0 Å². The van der Waals surface area contributed by atoms with Crippen molar-refractivity contribution in [2.45, 2.75) is 13.3 Å². The number of carbonyl (C=O) groups excluding carboxylic acids is 1. The van der Waals surface area contributed by atoms with Crippen LogP contribution in [0.2, 0.25) is 0 Å². The van der Waals surface area contributed by atoms with Crippen molar-refractivity contribution in [3.8, 4) is 23.3 Å². The lowest BCUT2D eigenvalue weighted by atomic mass is 10.1. The Morgan fingerprint density at radius 3 is 2.56 bits per heavy atom. The number of amides is 1. The van der Waals surface area contributed by atoms with Gasteiger partial charge in [-0.25, -0.2) is 0 Å². The van der Waals surface area contributed by atoms with Gasteiger partial charge in [0.2, 0.25) is 5.13 Å². The second-order valence-corrected chi connectivity index (χ2v) is 8.18. The van der Waals surface area contributed by atoms with Crippen molar-refractivity contribution in [2.75, 3.05) is 25.6 Å². The van der Waals surface area contributed by atoms with E-state index in [9.17, 15) is 10.1 Å². The van der Waals surface area contributed by atoms with Gasteiger partial charge in [0.25, 0.3) is 5.91 Å². The predicted molar refractivity (Wildman–Crippen MR) is 131 cm³/mol. The molecule has 1 heterocycles. The number of aromatic nitrogens is 2. The SMILES string of the molecule is C=CCc1ccc(OCCOc2ccc(C=C(C#N)C(=O)Nc3nnc(C)s3)cc2)c(OC)c1. The van der Waals surface area contributed by atoms with Crippen molar-refractivity contribution in [2.24, 2.45) is 0 Å². The van der Waals surface area contributed by atoms with Gasteiger partial charge in [0, 0.05) is 0 Å². The summed E-state index contributed by atoms with van der Waals surface area (Å²) in [5.74, 6) is 1.41. The molecule has 1 amide bonds. The summed E-state index contributed by atoms with van der Waals surface area (Å²) < 4.78 is 16.9. The maximum Gasteiger partial charge on any atom is 0.268 e. The van der Waals surface area contributed by atoms with Crippen molar-refractivity contribution >= 4 is 28.5 Å². The van der Waals surface area contributed by atoms with Crippen LogP contribution in [0.25, 0.3) is 6.08 Å². The third-order valence-corrected chi connectivity index (χ3v) is 5.27. The van der Waals surface area contributed by atoms with Crippen LogP contribution in [0.15, 0.2) is 60.7 Å². The molecule has 9 heteroatoms. The molecule has 174 valence electrons. The van der Waals surface area contributed by atoms with E-state index >= 15 is 0 Å². The average Bonchev–Trinajstić information content (AvgIpc) is 3.26. The molecule has 0 atom stereocenters. The van der Waals surface area contributed by atoms with Crippen LogP contribution in [-0.4, -0.2) is 36.4 Å². The molecule has 0 radical (unpaired) electrons. The fraction of sp³-hybridized carbons (Fsp3) is 0.200. The van der Waals surface area contributed by atoms with Crippen LogP contribution in [0.5, 0.6) is 17.2 Å². The monoisotopic (exact) mass is 476 g/mol. The highest BCUT2D eigenvalue weighted by Crippen LogP contribution is 2.28. The number of benzene rings is 2. The lowest BCUT2D eigenvalue weighted by Crippen LogP contribution is -2.13. The van der Waals surface area contributed by atoms with Gasteiger partial charge in [0.05, 0.1) is 7.11 Å². The van der Waals surface area contributed by atoms with E-state index in [2.05, 4.69) is 22.1 Å². The maximum atomic E-state index is 12.3. The molecule has 34 heavy (non-hydrogen) atoms. The molecule has 3 rings (SSSR count). The summed E-state index contributed by atoms with van der Waals surface area (Å²) in [6.45, 7) is 6.19. The van der Waals surface area contributed by atoms with Gasteiger partial charge in [-0.05, 0) is 54.8 Å². The second kappa shape index (κ2) is 12.2. The zero-order valence-electron chi connectivity index (χ0n) is 18.9. The van der Waals surface area contributed by atoms with Gasteiger partial charge >= 0.3 is 0 Å². The Labute approximate surface area is 202 Å². The standard InChI is InChI=1S/C25H24N4O4S/c1-4-5-18-8-11-22(23(15-18)31-3)33-13-12-32-21-9-6-19(7-10-21)14-20(16-26)24(30)27-25-29-28-17(2)34-25/h4,6-11,14-15H,1,5,12-13H2,2-3H3,(H,27,29,30). The molecule has 0 unspecified atom stereocenters. The number of methoxy groups -OCH3 is 1. The van der Waals surface area contributed by atoms with Crippen LogP contribution >= 0.6 is 11.3 Å². The Morgan fingerprint density at radius 1 is 1.15 bits per heavy atom. The molecule has 0 saturated heterocycles. The molecule has 3 aromatic rings. The number of aryl methyl sites for hydroxylation is 1. The van der Waals surface area contributed by atoms with E-state index in [1.165, 1.54) is 17.4 Å². The first kappa shape index (κ1) is 24.5. The zero-order valence-corrected chi connectivity index (χ0v) is 19.7. The fourth-order valence-corrected chi connectivity index (χ4v) is 3.51. The van der Waals surface area contributed by atoms with Crippen molar-refractivity contribution in [1.82, 2.24) is 10.2 Å². The number of rotatable bonds is 11. The second-order valence-electron chi connectivity index (χ2n) is 6.99. The number of nitriles is 1. The molecule has 0 aliphatic rings. The zero-order chi connectivity index (χ0) is 24.3. The Hall–Kier alpha value is -4.16. The molecular weight excluding hydrogens is 452 g/mol. The predicted octanol–water partition coefficient (Wildman–Crippen LogP) is 4.59. The fourth-order valence-electron chi connectivity index (χ4n) is 2.92. The molecule has 0 aliphatic heterocycles. The van der Waals surface area contributed by atoms with Gasteiger partial charge < -0.3 is 14.2 Å². The molecule has 1 N–H and O–H groups in total. The molecule has 0 bridgehead atoms. The minimum atomic E-state index is -0.538. The summed E-state index contributed by atoms with van der Waals surface area (Å²) >= 11 is 1.24. The van der Waals surface area contributed by atoms with Gasteiger partial charge in [0.15, 0.2) is 11.5 Å². The first-order chi connectivity index (χ1) is 16.5. The van der Waals surface area contributed by atoms with Crippen LogP contribution in [0.4, 0.5) is 5.13 Å². The third-order valence-electron chi connectivity index (χ3n) is 4.52. The minimum absolute atomic E-state index is 0.0389. The largest absolute Gasteiger partial charge is 0.493 e. The first-order valence-corrected chi connectivity index (χ1v) is 11.2. The van der Waals surface area contributed by atoms with Crippen molar-refractivity contribution in [1.29, 1.82) is 5.26 Å². The molecule has 8 nitrogen and oxygen atoms in total. The number of hydrogen-bond donors (Lipinski definition) is 1. The summed E-state index contributed by atoms with van der Waals surface area (Å²) in [6.07, 6.45) is 4.09. The molecule has 0 fully saturated rings. The molecule has 2 aromatic carbocycles. The van der Waals surface area contributed by atoms with Gasteiger partial charge in [-0.2, -0.15) is 5.26 Å². The van der Waals surface area contributed by atoms with Crippen LogP contribution in [0, 0.1) is 18.3 Å². The van der Waals surface area contributed by atoms with E-state index in [1.54, 1.807) is 38.3 Å². The van der Waals surface area contributed by atoms with Crippen molar-refractivity contribution < 1.29 is 19.0 Å². The normalized spacial score (nSPS) is 10.8. The highest BCUT2D eigenvalue weighted by molar-refractivity contribution is 7.15. The van der Waals surface area contributed by atoms with E-state index in [0.29, 0.717) is 41.2 Å². The Bertz CT molecular complexity index is 1210. The highest BCUT2D eigenvalue weighted by Gasteiger charge is 2.12. The smallest absolute Gasteiger partial charge is 0.268 e. The number of anilines is 1. The number of nitrogens with one attached hydrogen (secondary N) is 1. The number of hydrogen-bond acceptors (Lipinski definition) is 8. The van der Waals surface area contributed by atoms with Gasteiger partial charge in [0.1, 0.15) is 35.6 Å². The van der Waals surface area contributed by atoms with E-state index in [0.717, 1.165) is 17.0 Å². The summed E-state index contributed by atoms with van der Waals surface area (Å²) in [7, 11) is 1.60. The summed E-state index contributed by atoms with van der Waals surface area (Å²) in [6, 6.07) is 14.7. The molecule has 0 saturated carbocycles. The number of ether oxygens (including phenoxy) is 3. The number of carbonyl (C=O) groups is 1. The van der Waals surface area contributed by atoms with Crippen LogP contribution in [0.3, 0.4) is 0 Å². The van der Waals surface area contributed by atoms with Crippen LogP contribution < -0.4 is 19.5 Å². The number of nitrogens with zero attached hydrogens (tertiary/aromatic N) is 3. The van der Waals surface area contributed by atoms with E-state index < -0.39 is 5.91 Å².